The van der Waals surface area contributed by atoms with Crippen molar-refractivity contribution in [2.24, 2.45) is 0 Å². The maximum absolute atomic E-state index is 13.0. The zero-order chi connectivity index (χ0) is 19.2. The van der Waals surface area contributed by atoms with E-state index in [-0.39, 0.29) is 4.90 Å². The quantitative estimate of drug-likeness (QED) is 0.510. The van der Waals surface area contributed by atoms with Gasteiger partial charge >= 0.3 is 0 Å². The second-order valence-electron chi connectivity index (χ2n) is 5.84. The summed E-state index contributed by atoms with van der Waals surface area (Å²) in [6.07, 6.45) is 0. The summed E-state index contributed by atoms with van der Waals surface area (Å²) in [4.78, 5) is 0.0632. The molecular formula is C17H12BrCl2N3O2S2. The van der Waals surface area contributed by atoms with E-state index in [1.807, 2.05) is 6.07 Å². The standard InChI is InChI=1S/C17H12BrCl2N3O2S2/c18-14-5-4-11(20)7-16(14)27(24,25)22-17-13-8-26-9-15(13)21-23(17)12-3-1-2-10(19)6-12/h1-7,22H,8-9H2. The predicted octanol–water partition coefficient (Wildman–Crippen LogP) is 5.49. The van der Waals surface area contributed by atoms with Crippen molar-refractivity contribution in [2.75, 3.05) is 4.72 Å². The second-order valence-corrected chi connectivity index (χ2v) is 10.2. The first kappa shape index (κ1) is 19.1. The van der Waals surface area contributed by atoms with Gasteiger partial charge < -0.3 is 0 Å². The topological polar surface area (TPSA) is 64.0 Å². The van der Waals surface area contributed by atoms with E-state index in [1.165, 1.54) is 6.07 Å². The highest BCUT2D eigenvalue weighted by Crippen LogP contribution is 2.38. The first-order valence-electron chi connectivity index (χ1n) is 7.77. The molecule has 10 heteroatoms. The Bertz CT molecular complexity index is 1150. The van der Waals surface area contributed by atoms with Crippen molar-refractivity contribution in [1.29, 1.82) is 0 Å². The summed E-state index contributed by atoms with van der Waals surface area (Å²) in [5, 5.41) is 5.47. The minimum absolute atomic E-state index is 0.0632. The molecule has 0 saturated carbocycles. The number of benzene rings is 2. The van der Waals surface area contributed by atoms with E-state index in [4.69, 9.17) is 23.2 Å². The molecule has 140 valence electrons. The van der Waals surface area contributed by atoms with E-state index in [0.717, 1.165) is 17.0 Å². The molecule has 1 aliphatic heterocycles. The molecule has 1 aromatic heterocycles. The first-order valence-corrected chi connectivity index (χ1v) is 12.0. The summed E-state index contributed by atoms with van der Waals surface area (Å²) in [7, 11) is -3.88. The fourth-order valence-corrected chi connectivity index (χ4v) is 6.30. The lowest BCUT2D eigenvalue weighted by Gasteiger charge is -2.14. The van der Waals surface area contributed by atoms with Crippen LogP contribution in [0.4, 0.5) is 5.82 Å². The van der Waals surface area contributed by atoms with E-state index in [2.05, 4.69) is 25.8 Å². The molecule has 0 amide bonds. The Morgan fingerprint density at radius 2 is 1.89 bits per heavy atom. The molecule has 4 rings (SSSR count). The zero-order valence-electron chi connectivity index (χ0n) is 13.6. The van der Waals surface area contributed by atoms with Crippen LogP contribution < -0.4 is 4.72 Å². The third-order valence-electron chi connectivity index (χ3n) is 4.02. The van der Waals surface area contributed by atoms with Gasteiger partial charge in [0.25, 0.3) is 10.0 Å². The SMILES string of the molecule is O=S(=O)(Nc1c2c(nn1-c1cccc(Cl)c1)CSC2)c1cc(Cl)ccc1Br. The summed E-state index contributed by atoms with van der Waals surface area (Å²) in [6, 6.07) is 11.7. The van der Waals surface area contributed by atoms with Crippen molar-refractivity contribution in [3.63, 3.8) is 0 Å². The summed E-state index contributed by atoms with van der Waals surface area (Å²) in [5.41, 5.74) is 2.43. The van der Waals surface area contributed by atoms with E-state index in [1.54, 1.807) is 46.8 Å². The summed E-state index contributed by atoms with van der Waals surface area (Å²) >= 11 is 17.1. The third kappa shape index (κ3) is 3.73. The number of aromatic nitrogens is 2. The van der Waals surface area contributed by atoms with E-state index < -0.39 is 10.0 Å². The molecule has 3 aromatic rings. The van der Waals surface area contributed by atoms with Gasteiger partial charge in [0, 0.05) is 31.6 Å². The molecule has 0 bridgehead atoms. The van der Waals surface area contributed by atoms with Crippen LogP contribution in [0.25, 0.3) is 5.69 Å². The molecule has 0 unspecified atom stereocenters. The van der Waals surface area contributed by atoms with Gasteiger partial charge in [0.05, 0.1) is 11.4 Å². The molecule has 2 heterocycles. The molecule has 27 heavy (non-hydrogen) atoms. The van der Waals surface area contributed by atoms with Gasteiger partial charge in [0.15, 0.2) is 0 Å². The Morgan fingerprint density at radius 1 is 1.11 bits per heavy atom. The molecule has 5 nitrogen and oxygen atoms in total. The van der Waals surface area contributed by atoms with Gasteiger partial charge in [0.1, 0.15) is 10.7 Å². The van der Waals surface area contributed by atoms with Crippen molar-refractivity contribution in [3.8, 4) is 5.69 Å². The number of nitrogens with one attached hydrogen (secondary N) is 1. The van der Waals surface area contributed by atoms with Gasteiger partial charge in [-0.3, -0.25) is 4.72 Å². The van der Waals surface area contributed by atoms with Crippen LogP contribution in [0.5, 0.6) is 0 Å². The normalized spacial score (nSPS) is 13.6. The van der Waals surface area contributed by atoms with Gasteiger partial charge in [0.2, 0.25) is 0 Å². The minimum atomic E-state index is -3.88. The predicted molar refractivity (Wildman–Crippen MR) is 114 cm³/mol. The van der Waals surface area contributed by atoms with Gasteiger partial charge in [-0.05, 0) is 52.3 Å². The number of halogens is 3. The molecule has 0 spiro atoms. The Hall–Kier alpha value is -1.19. The van der Waals surface area contributed by atoms with Crippen LogP contribution in [0.3, 0.4) is 0 Å². The summed E-state index contributed by atoms with van der Waals surface area (Å²) in [6.45, 7) is 0. The number of rotatable bonds is 4. The Balaban J connectivity index is 1.83. The first-order chi connectivity index (χ1) is 12.8. The van der Waals surface area contributed by atoms with Gasteiger partial charge in [-0.2, -0.15) is 16.9 Å². The second kappa shape index (κ2) is 7.33. The maximum atomic E-state index is 13.0. The van der Waals surface area contributed by atoms with Crippen LogP contribution in [0.2, 0.25) is 10.0 Å². The maximum Gasteiger partial charge on any atom is 0.264 e. The van der Waals surface area contributed by atoms with Crippen molar-refractivity contribution in [2.45, 2.75) is 16.4 Å². The van der Waals surface area contributed by atoms with E-state index in [0.29, 0.717) is 31.8 Å². The molecule has 1 N–H and O–H groups in total. The lowest BCUT2D eigenvalue weighted by molar-refractivity contribution is 0.600. The van der Waals surface area contributed by atoms with Crippen LogP contribution in [0.15, 0.2) is 51.8 Å². The lowest BCUT2D eigenvalue weighted by Crippen LogP contribution is -2.17. The highest BCUT2D eigenvalue weighted by molar-refractivity contribution is 9.10. The van der Waals surface area contributed by atoms with Crippen LogP contribution in [-0.2, 0) is 21.5 Å². The van der Waals surface area contributed by atoms with E-state index in [9.17, 15) is 8.42 Å². The summed E-state index contributed by atoms with van der Waals surface area (Å²) < 4.78 is 30.8. The molecule has 2 aromatic carbocycles. The fourth-order valence-electron chi connectivity index (χ4n) is 2.78. The highest BCUT2D eigenvalue weighted by atomic mass is 79.9. The molecule has 0 fully saturated rings. The smallest absolute Gasteiger partial charge is 0.263 e. The van der Waals surface area contributed by atoms with Crippen LogP contribution in [0.1, 0.15) is 11.3 Å². The Labute approximate surface area is 179 Å². The van der Waals surface area contributed by atoms with Crippen molar-refractivity contribution < 1.29 is 8.42 Å². The number of sulfonamides is 1. The molecule has 0 saturated heterocycles. The number of hydrogen-bond acceptors (Lipinski definition) is 4. The molecule has 0 radical (unpaired) electrons. The average molecular weight is 505 g/mol. The number of anilines is 1. The Morgan fingerprint density at radius 3 is 2.67 bits per heavy atom. The molecule has 0 atom stereocenters. The monoisotopic (exact) mass is 503 g/mol. The number of fused-ring (bicyclic) bond motifs is 1. The number of hydrogen-bond donors (Lipinski definition) is 1. The third-order valence-corrected chi connectivity index (χ3v) is 7.79. The molecular weight excluding hydrogens is 493 g/mol. The van der Waals surface area contributed by atoms with Crippen LogP contribution in [0, 0.1) is 0 Å². The largest absolute Gasteiger partial charge is 0.264 e. The van der Waals surface area contributed by atoms with E-state index >= 15 is 0 Å². The molecule has 0 aliphatic carbocycles. The minimum Gasteiger partial charge on any atom is -0.263 e. The van der Waals surface area contributed by atoms with Gasteiger partial charge in [-0.15, -0.1) is 0 Å². The zero-order valence-corrected chi connectivity index (χ0v) is 18.3. The highest BCUT2D eigenvalue weighted by Gasteiger charge is 2.28. The Kier molecular flexibility index (Phi) is 5.20. The lowest BCUT2D eigenvalue weighted by atomic mass is 10.3. The van der Waals surface area contributed by atoms with Crippen LogP contribution in [-0.4, -0.2) is 18.2 Å². The van der Waals surface area contributed by atoms with Gasteiger partial charge in [-0.25, -0.2) is 13.1 Å². The van der Waals surface area contributed by atoms with Crippen molar-refractivity contribution in [1.82, 2.24) is 9.78 Å². The fraction of sp³-hybridized carbons (Fsp3) is 0.118. The van der Waals surface area contributed by atoms with Crippen molar-refractivity contribution in [3.05, 3.63) is 68.2 Å². The van der Waals surface area contributed by atoms with Crippen LogP contribution >= 0.6 is 50.9 Å². The summed E-state index contributed by atoms with van der Waals surface area (Å²) in [5.74, 6) is 1.84. The van der Waals surface area contributed by atoms with Gasteiger partial charge in [-0.1, -0.05) is 29.3 Å². The number of thioether (sulfide) groups is 1. The molecule has 1 aliphatic rings. The number of nitrogens with zero attached hydrogens (tertiary/aromatic N) is 2. The van der Waals surface area contributed by atoms with Crippen molar-refractivity contribution >= 4 is 66.7 Å². The average Bonchev–Trinajstić information content (AvgIpc) is 3.19.